The lowest BCUT2D eigenvalue weighted by Crippen LogP contribution is -2.22. The first-order chi connectivity index (χ1) is 10.2. The van der Waals surface area contributed by atoms with Crippen molar-refractivity contribution < 1.29 is 9.53 Å². The summed E-state index contributed by atoms with van der Waals surface area (Å²) in [5.74, 6) is 0.907. The first kappa shape index (κ1) is 15.5. The van der Waals surface area contributed by atoms with Crippen LogP contribution in [0.3, 0.4) is 0 Å². The summed E-state index contributed by atoms with van der Waals surface area (Å²) in [6.45, 7) is 1.91. The van der Waals surface area contributed by atoms with E-state index in [0.717, 1.165) is 49.2 Å². The average Bonchev–Trinajstić information content (AvgIpc) is 2.89. The van der Waals surface area contributed by atoms with E-state index in [-0.39, 0.29) is 5.97 Å². The highest BCUT2D eigenvalue weighted by molar-refractivity contribution is 5.74. The highest BCUT2D eigenvalue weighted by Gasteiger charge is 2.05. The van der Waals surface area contributed by atoms with Crippen LogP contribution in [0, 0.1) is 0 Å². The molecule has 114 valence electrons. The summed E-state index contributed by atoms with van der Waals surface area (Å²) in [6, 6.07) is 8.08. The van der Waals surface area contributed by atoms with Gasteiger partial charge in [0.05, 0.1) is 18.1 Å². The summed E-state index contributed by atoms with van der Waals surface area (Å²) in [7, 11) is 3.51. The van der Waals surface area contributed by atoms with Crippen LogP contribution in [0.5, 0.6) is 0 Å². The van der Waals surface area contributed by atoms with Gasteiger partial charge in [-0.15, -0.1) is 0 Å². The molecule has 0 bridgehead atoms. The molecule has 2 rings (SSSR count). The standard InChI is InChI=1S/C16H23N3O2/c1-19(12-6-10-16(20)21-2)11-5-9-15-17-13-7-3-4-8-14(13)18-15/h3-4,7-8H,5-6,9-12H2,1-2H3,(H,17,18). The summed E-state index contributed by atoms with van der Waals surface area (Å²) >= 11 is 0. The van der Waals surface area contributed by atoms with Crippen LogP contribution in [0.25, 0.3) is 11.0 Å². The Balaban J connectivity index is 1.67. The number of fused-ring (bicyclic) bond motifs is 1. The van der Waals surface area contributed by atoms with Crippen LogP contribution in [0.4, 0.5) is 0 Å². The molecule has 0 spiro atoms. The molecule has 1 N–H and O–H groups in total. The fourth-order valence-corrected chi connectivity index (χ4v) is 2.35. The summed E-state index contributed by atoms with van der Waals surface area (Å²) in [5.41, 5.74) is 2.12. The van der Waals surface area contributed by atoms with Crippen molar-refractivity contribution in [1.82, 2.24) is 14.9 Å². The van der Waals surface area contributed by atoms with Gasteiger partial charge in [0.15, 0.2) is 0 Å². The van der Waals surface area contributed by atoms with Gasteiger partial charge in [0.25, 0.3) is 0 Å². The van der Waals surface area contributed by atoms with Crippen molar-refractivity contribution in [2.45, 2.75) is 25.7 Å². The number of aryl methyl sites for hydroxylation is 1. The number of benzene rings is 1. The van der Waals surface area contributed by atoms with Crippen molar-refractivity contribution in [2.24, 2.45) is 0 Å². The molecule has 0 aliphatic heterocycles. The number of hydrogen-bond donors (Lipinski definition) is 1. The number of nitrogens with zero attached hydrogens (tertiary/aromatic N) is 2. The summed E-state index contributed by atoms with van der Waals surface area (Å²) in [4.78, 5) is 21.2. The van der Waals surface area contributed by atoms with Crippen LogP contribution >= 0.6 is 0 Å². The number of H-pyrrole nitrogens is 1. The highest BCUT2D eigenvalue weighted by atomic mass is 16.5. The summed E-state index contributed by atoms with van der Waals surface area (Å²) < 4.78 is 4.63. The van der Waals surface area contributed by atoms with Gasteiger partial charge in [0, 0.05) is 12.8 Å². The van der Waals surface area contributed by atoms with E-state index in [0.29, 0.717) is 6.42 Å². The zero-order valence-corrected chi connectivity index (χ0v) is 12.8. The van der Waals surface area contributed by atoms with E-state index in [9.17, 15) is 4.79 Å². The van der Waals surface area contributed by atoms with E-state index < -0.39 is 0 Å². The number of hydrogen-bond acceptors (Lipinski definition) is 4. The van der Waals surface area contributed by atoms with Crippen molar-refractivity contribution >= 4 is 17.0 Å². The summed E-state index contributed by atoms with van der Waals surface area (Å²) in [6.07, 6.45) is 3.32. The van der Waals surface area contributed by atoms with Crippen LogP contribution < -0.4 is 0 Å². The maximum atomic E-state index is 11.0. The molecule has 0 saturated carbocycles. The van der Waals surface area contributed by atoms with Crippen molar-refractivity contribution in [1.29, 1.82) is 0 Å². The molecule has 5 nitrogen and oxygen atoms in total. The van der Waals surface area contributed by atoms with E-state index in [2.05, 4.69) is 26.7 Å². The third-order valence-corrected chi connectivity index (χ3v) is 3.54. The lowest BCUT2D eigenvalue weighted by molar-refractivity contribution is -0.140. The van der Waals surface area contributed by atoms with Crippen LogP contribution in [-0.4, -0.2) is 48.1 Å². The quantitative estimate of drug-likeness (QED) is 0.758. The molecule has 0 amide bonds. The number of para-hydroxylation sites is 2. The minimum atomic E-state index is -0.134. The Labute approximate surface area is 125 Å². The van der Waals surface area contributed by atoms with Crippen LogP contribution in [0.15, 0.2) is 24.3 Å². The normalized spacial score (nSPS) is 11.2. The van der Waals surface area contributed by atoms with Gasteiger partial charge >= 0.3 is 5.97 Å². The minimum absolute atomic E-state index is 0.134. The molecule has 5 heteroatoms. The SMILES string of the molecule is COC(=O)CCCN(C)CCCc1nc2ccccc2[nH]1. The van der Waals surface area contributed by atoms with Gasteiger partial charge in [0.1, 0.15) is 5.82 Å². The van der Waals surface area contributed by atoms with Crippen molar-refractivity contribution in [3.05, 3.63) is 30.1 Å². The minimum Gasteiger partial charge on any atom is -0.469 e. The van der Waals surface area contributed by atoms with E-state index in [1.165, 1.54) is 7.11 Å². The van der Waals surface area contributed by atoms with Gasteiger partial charge < -0.3 is 14.6 Å². The lowest BCUT2D eigenvalue weighted by Gasteiger charge is -2.15. The Kier molecular flexibility index (Phi) is 5.75. The zero-order valence-electron chi connectivity index (χ0n) is 12.8. The molecule has 0 fully saturated rings. The van der Waals surface area contributed by atoms with Gasteiger partial charge in [-0.3, -0.25) is 4.79 Å². The lowest BCUT2D eigenvalue weighted by atomic mass is 10.2. The van der Waals surface area contributed by atoms with Gasteiger partial charge in [-0.05, 0) is 45.1 Å². The van der Waals surface area contributed by atoms with Gasteiger partial charge in [-0.25, -0.2) is 4.98 Å². The molecule has 0 saturated heterocycles. The molecule has 0 aliphatic carbocycles. The maximum absolute atomic E-state index is 11.0. The van der Waals surface area contributed by atoms with Crippen LogP contribution in [0.2, 0.25) is 0 Å². The van der Waals surface area contributed by atoms with Crippen LogP contribution in [-0.2, 0) is 16.0 Å². The largest absolute Gasteiger partial charge is 0.469 e. The molecular weight excluding hydrogens is 266 g/mol. The predicted molar refractivity (Wildman–Crippen MR) is 83.2 cm³/mol. The molecule has 1 heterocycles. The Morgan fingerprint density at radius 3 is 2.81 bits per heavy atom. The van der Waals surface area contributed by atoms with Crippen molar-refractivity contribution in [3.63, 3.8) is 0 Å². The molecule has 1 aromatic carbocycles. The number of methoxy groups -OCH3 is 1. The first-order valence-electron chi connectivity index (χ1n) is 7.38. The molecule has 0 radical (unpaired) electrons. The monoisotopic (exact) mass is 289 g/mol. The number of ether oxygens (including phenoxy) is 1. The number of imidazole rings is 1. The van der Waals surface area contributed by atoms with E-state index in [1.807, 2.05) is 24.3 Å². The third-order valence-electron chi connectivity index (χ3n) is 3.54. The van der Waals surface area contributed by atoms with E-state index >= 15 is 0 Å². The molecule has 0 atom stereocenters. The Bertz CT molecular complexity index is 547. The number of aromatic amines is 1. The second kappa shape index (κ2) is 7.78. The highest BCUT2D eigenvalue weighted by Crippen LogP contribution is 2.11. The second-order valence-electron chi connectivity index (χ2n) is 5.29. The molecular formula is C16H23N3O2. The maximum Gasteiger partial charge on any atom is 0.305 e. The molecule has 2 aromatic rings. The topological polar surface area (TPSA) is 58.2 Å². The molecule has 0 unspecified atom stereocenters. The molecule has 21 heavy (non-hydrogen) atoms. The van der Waals surface area contributed by atoms with Gasteiger partial charge in [-0.1, -0.05) is 12.1 Å². The Morgan fingerprint density at radius 1 is 1.29 bits per heavy atom. The number of esters is 1. The number of rotatable bonds is 8. The zero-order chi connectivity index (χ0) is 15.1. The first-order valence-corrected chi connectivity index (χ1v) is 7.38. The Morgan fingerprint density at radius 2 is 2.05 bits per heavy atom. The molecule has 1 aromatic heterocycles. The van der Waals surface area contributed by atoms with E-state index in [4.69, 9.17) is 0 Å². The van der Waals surface area contributed by atoms with Crippen LogP contribution in [0.1, 0.15) is 25.1 Å². The number of nitrogens with one attached hydrogen (secondary N) is 1. The number of aromatic nitrogens is 2. The smallest absolute Gasteiger partial charge is 0.305 e. The molecule has 0 aliphatic rings. The third kappa shape index (κ3) is 4.86. The van der Waals surface area contributed by atoms with Gasteiger partial charge in [-0.2, -0.15) is 0 Å². The summed E-state index contributed by atoms with van der Waals surface area (Å²) in [5, 5.41) is 0. The number of carbonyl (C=O) groups is 1. The number of carbonyl (C=O) groups excluding carboxylic acids is 1. The van der Waals surface area contributed by atoms with Crippen molar-refractivity contribution in [2.75, 3.05) is 27.2 Å². The second-order valence-corrected chi connectivity index (χ2v) is 5.29. The average molecular weight is 289 g/mol. The van der Waals surface area contributed by atoms with Gasteiger partial charge in [0.2, 0.25) is 0 Å². The predicted octanol–water partition coefficient (Wildman–Crippen LogP) is 2.38. The van der Waals surface area contributed by atoms with E-state index in [1.54, 1.807) is 0 Å². The fourth-order valence-electron chi connectivity index (χ4n) is 2.35. The van der Waals surface area contributed by atoms with Crippen molar-refractivity contribution in [3.8, 4) is 0 Å². The Hall–Kier alpha value is -1.88. The fraction of sp³-hybridized carbons (Fsp3) is 0.500.